The van der Waals surface area contributed by atoms with Gasteiger partial charge in [0.05, 0.1) is 0 Å². The standard InChI is InChI=1S/C18H30N4O2/c1-20-6-3-7-21(9-8-20)11-15-10-16(14-23)13-22(12-15)18(24)17-4-2-5-19-17/h2,4-5,15-16,19,23H,3,6-14H2,1H3/t15-,16+/m1/s1. The molecular weight excluding hydrogens is 304 g/mol. The van der Waals surface area contributed by atoms with Crippen molar-refractivity contribution in [2.24, 2.45) is 11.8 Å². The quantitative estimate of drug-likeness (QED) is 0.852. The lowest BCUT2D eigenvalue weighted by Crippen LogP contribution is -2.48. The predicted octanol–water partition coefficient (Wildman–Crippen LogP) is 0.723. The number of H-pyrrole nitrogens is 1. The molecule has 2 aliphatic rings. The lowest BCUT2D eigenvalue weighted by molar-refractivity contribution is 0.0449. The zero-order valence-corrected chi connectivity index (χ0v) is 14.7. The molecule has 0 bridgehead atoms. The largest absolute Gasteiger partial charge is 0.396 e. The van der Waals surface area contributed by atoms with Gasteiger partial charge in [-0.05, 0) is 56.9 Å². The number of hydrogen-bond acceptors (Lipinski definition) is 4. The zero-order valence-electron chi connectivity index (χ0n) is 14.7. The summed E-state index contributed by atoms with van der Waals surface area (Å²) >= 11 is 0. The summed E-state index contributed by atoms with van der Waals surface area (Å²) in [5, 5.41) is 9.66. The normalized spacial score (nSPS) is 27.2. The fraction of sp³-hybridized carbons (Fsp3) is 0.722. The van der Waals surface area contributed by atoms with Gasteiger partial charge in [-0.1, -0.05) is 0 Å². The summed E-state index contributed by atoms with van der Waals surface area (Å²) in [6.07, 6.45) is 4.00. The van der Waals surface area contributed by atoms with Crippen molar-refractivity contribution in [3.8, 4) is 0 Å². The molecule has 2 N–H and O–H groups in total. The van der Waals surface area contributed by atoms with Crippen LogP contribution in [-0.4, -0.2) is 90.2 Å². The molecule has 2 atom stereocenters. The Bertz CT molecular complexity index is 519. The van der Waals surface area contributed by atoms with Crippen LogP contribution in [0.2, 0.25) is 0 Å². The first-order valence-electron chi connectivity index (χ1n) is 9.10. The van der Waals surface area contributed by atoms with Crippen molar-refractivity contribution >= 4 is 5.91 Å². The highest BCUT2D eigenvalue weighted by atomic mass is 16.3. The van der Waals surface area contributed by atoms with Crippen LogP contribution < -0.4 is 0 Å². The molecule has 6 heteroatoms. The molecule has 24 heavy (non-hydrogen) atoms. The highest BCUT2D eigenvalue weighted by Gasteiger charge is 2.31. The fourth-order valence-electron chi connectivity index (χ4n) is 4.03. The summed E-state index contributed by atoms with van der Waals surface area (Å²) in [5.74, 6) is 0.689. The number of likely N-dealkylation sites (N-methyl/N-ethyl adjacent to an activating group) is 1. The minimum absolute atomic E-state index is 0.0544. The molecule has 6 nitrogen and oxygen atoms in total. The van der Waals surface area contributed by atoms with E-state index in [1.807, 2.05) is 17.0 Å². The first-order chi connectivity index (χ1) is 11.7. The zero-order chi connectivity index (χ0) is 16.9. The maximum Gasteiger partial charge on any atom is 0.270 e. The van der Waals surface area contributed by atoms with Gasteiger partial charge in [-0.2, -0.15) is 0 Å². The van der Waals surface area contributed by atoms with Crippen LogP contribution in [0.25, 0.3) is 0 Å². The van der Waals surface area contributed by atoms with Gasteiger partial charge in [0.25, 0.3) is 5.91 Å². The molecule has 2 aliphatic heterocycles. The SMILES string of the molecule is CN1CCCN(C[C@H]2C[C@H](CO)CN(C(=O)c3ccc[nH]3)C2)CC1. The number of likely N-dealkylation sites (tertiary alicyclic amines) is 1. The van der Waals surface area contributed by atoms with E-state index in [4.69, 9.17) is 0 Å². The molecule has 0 spiro atoms. The van der Waals surface area contributed by atoms with Gasteiger partial charge in [0, 0.05) is 45.5 Å². The summed E-state index contributed by atoms with van der Waals surface area (Å²) in [5.41, 5.74) is 0.642. The van der Waals surface area contributed by atoms with Crippen LogP contribution >= 0.6 is 0 Å². The second-order valence-electron chi connectivity index (χ2n) is 7.40. The minimum atomic E-state index is 0.0544. The maximum atomic E-state index is 12.7. The van der Waals surface area contributed by atoms with Crippen molar-refractivity contribution < 1.29 is 9.90 Å². The van der Waals surface area contributed by atoms with E-state index in [9.17, 15) is 9.90 Å². The van der Waals surface area contributed by atoms with Gasteiger partial charge < -0.3 is 24.8 Å². The van der Waals surface area contributed by atoms with Crippen LogP contribution in [0.4, 0.5) is 0 Å². The Kier molecular flexibility index (Phi) is 5.92. The number of piperidine rings is 1. The molecule has 3 heterocycles. The lowest BCUT2D eigenvalue weighted by Gasteiger charge is -2.39. The third kappa shape index (κ3) is 4.37. The summed E-state index contributed by atoms with van der Waals surface area (Å²) < 4.78 is 0. The van der Waals surface area contributed by atoms with Crippen LogP contribution in [0.3, 0.4) is 0 Å². The van der Waals surface area contributed by atoms with Gasteiger partial charge in [-0.25, -0.2) is 0 Å². The number of nitrogens with one attached hydrogen (secondary N) is 1. The Morgan fingerprint density at radius 2 is 2.08 bits per heavy atom. The number of hydrogen-bond donors (Lipinski definition) is 2. The Morgan fingerprint density at radius 1 is 1.25 bits per heavy atom. The number of amides is 1. The van der Waals surface area contributed by atoms with E-state index in [1.54, 1.807) is 6.20 Å². The molecule has 1 aromatic rings. The van der Waals surface area contributed by atoms with Crippen molar-refractivity contribution in [3.63, 3.8) is 0 Å². The average Bonchev–Trinajstić information content (AvgIpc) is 3.05. The second-order valence-corrected chi connectivity index (χ2v) is 7.40. The second kappa shape index (κ2) is 8.14. The van der Waals surface area contributed by atoms with E-state index in [0.717, 1.165) is 45.7 Å². The van der Waals surface area contributed by atoms with Crippen LogP contribution in [0.5, 0.6) is 0 Å². The molecular formula is C18H30N4O2. The van der Waals surface area contributed by atoms with E-state index in [0.29, 0.717) is 18.2 Å². The van der Waals surface area contributed by atoms with Crippen LogP contribution in [-0.2, 0) is 0 Å². The van der Waals surface area contributed by atoms with E-state index < -0.39 is 0 Å². The Morgan fingerprint density at radius 3 is 2.83 bits per heavy atom. The number of aromatic nitrogens is 1. The third-order valence-corrected chi connectivity index (χ3v) is 5.33. The first kappa shape index (κ1) is 17.5. The van der Waals surface area contributed by atoms with Crippen LogP contribution in [0, 0.1) is 11.8 Å². The van der Waals surface area contributed by atoms with E-state index in [-0.39, 0.29) is 18.4 Å². The number of carbonyl (C=O) groups is 1. The molecule has 2 saturated heterocycles. The summed E-state index contributed by atoms with van der Waals surface area (Å²) in [7, 11) is 2.18. The highest BCUT2D eigenvalue weighted by molar-refractivity contribution is 5.92. The third-order valence-electron chi connectivity index (χ3n) is 5.33. The molecule has 3 rings (SSSR count). The topological polar surface area (TPSA) is 62.8 Å². The van der Waals surface area contributed by atoms with E-state index in [2.05, 4.69) is 21.8 Å². The summed E-state index contributed by atoms with van der Waals surface area (Å²) in [4.78, 5) is 22.5. The monoisotopic (exact) mass is 334 g/mol. The Labute approximate surface area is 144 Å². The van der Waals surface area contributed by atoms with E-state index in [1.165, 1.54) is 6.42 Å². The minimum Gasteiger partial charge on any atom is -0.396 e. The van der Waals surface area contributed by atoms with Gasteiger partial charge in [0.2, 0.25) is 0 Å². The molecule has 2 fully saturated rings. The van der Waals surface area contributed by atoms with Gasteiger partial charge in [0.1, 0.15) is 5.69 Å². The summed E-state index contributed by atoms with van der Waals surface area (Å²) in [6, 6.07) is 3.68. The lowest BCUT2D eigenvalue weighted by atomic mass is 9.89. The maximum absolute atomic E-state index is 12.7. The molecule has 1 aromatic heterocycles. The van der Waals surface area contributed by atoms with Crippen molar-refractivity contribution in [1.29, 1.82) is 0 Å². The number of aliphatic hydroxyl groups is 1. The van der Waals surface area contributed by atoms with Crippen molar-refractivity contribution in [1.82, 2.24) is 19.7 Å². The van der Waals surface area contributed by atoms with Gasteiger partial charge in [-0.15, -0.1) is 0 Å². The van der Waals surface area contributed by atoms with Gasteiger partial charge in [0.15, 0.2) is 0 Å². The average molecular weight is 334 g/mol. The highest BCUT2D eigenvalue weighted by Crippen LogP contribution is 2.24. The van der Waals surface area contributed by atoms with Crippen LogP contribution in [0.1, 0.15) is 23.3 Å². The molecule has 134 valence electrons. The molecule has 1 amide bonds. The van der Waals surface area contributed by atoms with Gasteiger partial charge >= 0.3 is 0 Å². The number of aromatic amines is 1. The van der Waals surface area contributed by atoms with Crippen molar-refractivity contribution in [2.45, 2.75) is 12.8 Å². The molecule has 0 radical (unpaired) electrons. The number of rotatable bonds is 4. The molecule has 0 aliphatic carbocycles. The fourth-order valence-corrected chi connectivity index (χ4v) is 4.03. The molecule has 0 aromatic carbocycles. The van der Waals surface area contributed by atoms with Crippen molar-refractivity contribution in [2.75, 3.05) is 59.5 Å². The summed E-state index contributed by atoms with van der Waals surface area (Å²) in [6.45, 7) is 7.15. The molecule has 0 unspecified atom stereocenters. The molecule has 0 saturated carbocycles. The smallest absolute Gasteiger partial charge is 0.270 e. The van der Waals surface area contributed by atoms with Crippen LogP contribution in [0.15, 0.2) is 18.3 Å². The van der Waals surface area contributed by atoms with Crippen molar-refractivity contribution in [3.05, 3.63) is 24.0 Å². The Balaban J connectivity index is 1.61. The number of carbonyl (C=O) groups excluding carboxylic acids is 1. The Hall–Kier alpha value is -1.37. The number of aliphatic hydroxyl groups excluding tert-OH is 1. The number of nitrogens with zero attached hydrogens (tertiary/aromatic N) is 3. The predicted molar refractivity (Wildman–Crippen MR) is 93.9 cm³/mol. The van der Waals surface area contributed by atoms with E-state index >= 15 is 0 Å². The first-order valence-corrected chi connectivity index (χ1v) is 9.10. The van der Waals surface area contributed by atoms with Gasteiger partial charge in [-0.3, -0.25) is 4.79 Å².